The van der Waals surface area contributed by atoms with Crippen molar-refractivity contribution in [3.05, 3.63) is 35.2 Å². The first-order valence-corrected chi connectivity index (χ1v) is 7.31. The van der Waals surface area contributed by atoms with Crippen LogP contribution in [0.5, 0.6) is 0 Å². The van der Waals surface area contributed by atoms with Gasteiger partial charge in [-0.25, -0.2) is 0 Å². The maximum Gasteiger partial charge on any atom is 0.0642 e. The molecule has 2 rings (SSSR count). The van der Waals surface area contributed by atoms with E-state index in [1.807, 2.05) is 11.3 Å². The Hall–Kier alpha value is -0.940. The van der Waals surface area contributed by atoms with Crippen molar-refractivity contribution >= 4 is 21.4 Å². The Kier molecular flexibility index (Phi) is 4.93. The van der Waals surface area contributed by atoms with Crippen LogP contribution in [0.4, 0.5) is 0 Å². The van der Waals surface area contributed by atoms with E-state index in [4.69, 9.17) is 9.84 Å². The zero-order chi connectivity index (χ0) is 13.7. The molecule has 0 bridgehead atoms. The van der Waals surface area contributed by atoms with E-state index in [2.05, 4.69) is 42.6 Å². The fourth-order valence-corrected chi connectivity index (χ4v) is 3.21. The van der Waals surface area contributed by atoms with Crippen LogP contribution in [0.3, 0.4) is 0 Å². The molecule has 1 aromatic carbocycles. The average Bonchev–Trinajstić information content (AvgIpc) is 2.80. The normalized spacial score (nSPS) is 14.7. The van der Waals surface area contributed by atoms with Crippen LogP contribution >= 0.6 is 11.3 Å². The molecule has 0 radical (unpaired) electrons. The largest absolute Gasteiger partial charge is 0.396 e. The zero-order valence-electron chi connectivity index (χ0n) is 11.5. The third kappa shape index (κ3) is 3.76. The molecule has 19 heavy (non-hydrogen) atoms. The van der Waals surface area contributed by atoms with Crippen LogP contribution in [-0.4, -0.2) is 31.0 Å². The van der Waals surface area contributed by atoms with Crippen LogP contribution in [0, 0.1) is 0 Å². The second kappa shape index (κ2) is 6.48. The number of hydrogen-bond acceptors (Lipinski definition) is 4. The molecule has 2 N–H and O–H groups in total. The smallest absolute Gasteiger partial charge is 0.0642 e. The molecule has 0 aliphatic carbocycles. The second-order valence-electron chi connectivity index (χ2n) is 5.07. The van der Waals surface area contributed by atoms with Gasteiger partial charge in [-0.2, -0.15) is 0 Å². The number of ether oxygens (including phenoxy) is 1. The molecule has 0 spiro atoms. The highest BCUT2D eigenvalue weighted by molar-refractivity contribution is 7.19. The zero-order valence-corrected chi connectivity index (χ0v) is 12.3. The SMILES string of the molecule is COC[C@@](C)(CCO)NCc1cc2ccccc2s1. The van der Waals surface area contributed by atoms with E-state index in [0.29, 0.717) is 13.0 Å². The van der Waals surface area contributed by atoms with Crippen molar-refractivity contribution in [1.82, 2.24) is 5.32 Å². The lowest BCUT2D eigenvalue weighted by atomic mass is 9.99. The van der Waals surface area contributed by atoms with Gasteiger partial charge in [0.25, 0.3) is 0 Å². The third-order valence-corrected chi connectivity index (χ3v) is 4.41. The van der Waals surface area contributed by atoms with Crippen molar-refractivity contribution in [2.45, 2.75) is 25.4 Å². The highest BCUT2D eigenvalue weighted by Crippen LogP contribution is 2.25. The van der Waals surface area contributed by atoms with Crippen molar-refractivity contribution in [2.75, 3.05) is 20.3 Å². The monoisotopic (exact) mass is 279 g/mol. The molecule has 0 fully saturated rings. The Morgan fingerprint density at radius 3 is 2.84 bits per heavy atom. The molecule has 4 heteroatoms. The van der Waals surface area contributed by atoms with Crippen LogP contribution in [0.25, 0.3) is 10.1 Å². The number of aliphatic hydroxyl groups excluding tert-OH is 1. The summed E-state index contributed by atoms with van der Waals surface area (Å²) < 4.78 is 6.55. The van der Waals surface area contributed by atoms with Crippen LogP contribution in [0.15, 0.2) is 30.3 Å². The van der Waals surface area contributed by atoms with Crippen molar-refractivity contribution < 1.29 is 9.84 Å². The topological polar surface area (TPSA) is 41.5 Å². The van der Waals surface area contributed by atoms with Crippen molar-refractivity contribution in [2.24, 2.45) is 0 Å². The molecule has 2 aromatic rings. The summed E-state index contributed by atoms with van der Waals surface area (Å²) in [4.78, 5) is 1.31. The molecule has 0 aliphatic rings. The van der Waals surface area contributed by atoms with E-state index < -0.39 is 0 Å². The standard InChI is InChI=1S/C15H21NO2S/c1-15(7-8-17,11-18-2)16-10-13-9-12-5-3-4-6-14(12)19-13/h3-6,9,16-17H,7-8,10-11H2,1-2H3/t15-/m1/s1. The predicted octanol–water partition coefficient (Wildman–Crippen LogP) is 2.78. The van der Waals surface area contributed by atoms with Gasteiger partial charge in [0, 0.05) is 35.4 Å². The summed E-state index contributed by atoms with van der Waals surface area (Å²) in [6, 6.07) is 10.6. The van der Waals surface area contributed by atoms with Crippen molar-refractivity contribution in [3.63, 3.8) is 0 Å². The van der Waals surface area contributed by atoms with Crippen LogP contribution < -0.4 is 5.32 Å². The number of benzene rings is 1. The Labute approximate surface area is 118 Å². The highest BCUT2D eigenvalue weighted by atomic mass is 32.1. The Bertz CT molecular complexity index is 485. The fourth-order valence-electron chi connectivity index (χ4n) is 2.20. The molecule has 0 amide bonds. The van der Waals surface area contributed by atoms with Gasteiger partial charge in [0.05, 0.1) is 6.61 Å². The molecule has 0 aliphatic heterocycles. The van der Waals surface area contributed by atoms with E-state index in [0.717, 1.165) is 6.54 Å². The molecular weight excluding hydrogens is 258 g/mol. The summed E-state index contributed by atoms with van der Waals surface area (Å²) in [6.07, 6.45) is 0.686. The number of aliphatic hydroxyl groups is 1. The van der Waals surface area contributed by atoms with Crippen LogP contribution in [0.2, 0.25) is 0 Å². The fraction of sp³-hybridized carbons (Fsp3) is 0.467. The average molecular weight is 279 g/mol. The molecule has 3 nitrogen and oxygen atoms in total. The minimum Gasteiger partial charge on any atom is -0.396 e. The number of fused-ring (bicyclic) bond motifs is 1. The lowest BCUT2D eigenvalue weighted by molar-refractivity contribution is 0.0971. The Morgan fingerprint density at radius 2 is 2.16 bits per heavy atom. The summed E-state index contributed by atoms with van der Waals surface area (Å²) in [5.41, 5.74) is -0.181. The van der Waals surface area contributed by atoms with E-state index in [1.54, 1.807) is 7.11 Å². The molecule has 0 saturated heterocycles. The lowest BCUT2D eigenvalue weighted by Gasteiger charge is -2.29. The second-order valence-corrected chi connectivity index (χ2v) is 6.24. The van der Waals surface area contributed by atoms with Gasteiger partial charge < -0.3 is 15.2 Å². The molecule has 104 valence electrons. The van der Waals surface area contributed by atoms with Crippen LogP contribution in [-0.2, 0) is 11.3 Å². The van der Waals surface area contributed by atoms with Gasteiger partial charge in [0.15, 0.2) is 0 Å². The molecule has 1 heterocycles. The number of methoxy groups -OCH3 is 1. The first kappa shape index (κ1) is 14.5. The molecule has 1 aromatic heterocycles. The molecular formula is C15H21NO2S. The minimum atomic E-state index is -0.181. The number of rotatable bonds is 7. The predicted molar refractivity (Wildman–Crippen MR) is 80.6 cm³/mol. The molecule has 0 unspecified atom stereocenters. The number of thiophene rings is 1. The number of nitrogens with one attached hydrogen (secondary N) is 1. The molecule has 1 atom stereocenters. The summed E-state index contributed by atoms with van der Waals surface area (Å²) in [7, 11) is 1.69. The van der Waals surface area contributed by atoms with E-state index >= 15 is 0 Å². The molecule has 0 saturated carbocycles. The quantitative estimate of drug-likeness (QED) is 0.819. The van der Waals surface area contributed by atoms with Gasteiger partial charge in [0.2, 0.25) is 0 Å². The minimum absolute atomic E-state index is 0.166. The van der Waals surface area contributed by atoms with Crippen LogP contribution in [0.1, 0.15) is 18.2 Å². The van der Waals surface area contributed by atoms with Gasteiger partial charge >= 0.3 is 0 Å². The maximum absolute atomic E-state index is 9.15. The van der Waals surface area contributed by atoms with E-state index in [1.165, 1.54) is 15.0 Å². The van der Waals surface area contributed by atoms with Crippen molar-refractivity contribution in [3.8, 4) is 0 Å². The van der Waals surface area contributed by atoms with Gasteiger partial charge in [0.1, 0.15) is 0 Å². The van der Waals surface area contributed by atoms with Gasteiger partial charge in [-0.3, -0.25) is 0 Å². The summed E-state index contributed by atoms with van der Waals surface area (Å²) in [5.74, 6) is 0. The Balaban J connectivity index is 2.03. The van der Waals surface area contributed by atoms with E-state index in [-0.39, 0.29) is 12.1 Å². The summed E-state index contributed by atoms with van der Waals surface area (Å²) >= 11 is 1.81. The van der Waals surface area contributed by atoms with Gasteiger partial charge in [-0.1, -0.05) is 18.2 Å². The van der Waals surface area contributed by atoms with Gasteiger partial charge in [-0.15, -0.1) is 11.3 Å². The van der Waals surface area contributed by atoms with Gasteiger partial charge in [-0.05, 0) is 30.9 Å². The number of hydrogen-bond donors (Lipinski definition) is 2. The first-order chi connectivity index (χ1) is 9.17. The van der Waals surface area contributed by atoms with E-state index in [9.17, 15) is 0 Å². The highest BCUT2D eigenvalue weighted by Gasteiger charge is 2.23. The summed E-state index contributed by atoms with van der Waals surface area (Å²) in [5, 5.41) is 13.9. The lowest BCUT2D eigenvalue weighted by Crippen LogP contribution is -2.46. The first-order valence-electron chi connectivity index (χ1n) is 6.49. The van der Waals surface area contributed by atoms with Crippen molar-refractivity contribution in [1.29, 1.82) is 0 Å². The third-order valence-electron chi connectivity index (χ3n) is 3.29. The maximum atomic E-state index is 9.15. The summed E-state index contributed by atoms with van der Waals surface area (Å²) in [6.45, 7) is 3.65. The Morgan fingerprint density at radius 1 is 1.37 bits per heavy atom.